The van der Waals surface area contributed by atoms with Crippen molar-refractivity contribution in [3.05, 3.63) is 52.3 Å². The molecule has 3 rings (SSSR count). The summed E-state index contributed by atoms with van der Waals surface area (Å²) in [5.41, 5.74) is 5.53. The maximum Gasteiger partial charge on any atom is 0.187 e. The molecule has 1 aromatic carbocycles. The molecule has 1 fully saturated rings. The molecule has 6 nitrogen and oxygen atoms in total. The zero-order chi connectivity index (χ0) is 18.4. The van der Waals surface area contributed by atoms with Crippen LogP contribution in [0.1, 0.15) is 29.7 Å². The quantitative estimate of drug-likeness (QED) is 0.450. The molecule has 1 atom stereocenters. The summed E-state index contributed by atoms with van der Waals surface area (Å²) in [6.45, 7) is 4.04. The van der Waals surface area contributed by atoms with Crippen molar-refractivity contribution in [1.82, 2.24) is 20.5 Å². The van der Waals surface area contributed by atoms with E-state index in [2.05, 4.69) is 20.9 Å². The standard InChI is InChI=1S/C18H22ClN5OS/c1-13-16(11-21-22-18(26)20-10-15-8-5-9-25-15)17(19)24(23-13)12-14-6-3-2-4-7-14/h2-4,6-7,11,15H,5,8-10,12H2,1H3,(H2,20,22,26)/b21-11-/t15-/m0/s1. The predicted molar refractivity (Wildman–Crippen MR) is 108 cm³/mol. The highest BCUT2D eigenvalue weighted by atomic mass is 35.5. The lowest BCUT2D eigenvalue weighted by Gasteiger charge is -2.11. The Morgan fingerprint density at radius 3 is 3.00 bits per heavy atom. The molecule has 138 valence electrons. The zero-order valence-corrected chi connectivity index (χ0v) is 16.2. The Labute approximate surface area is 163 Å². The van der Waals surface area contributed by atoms with Gasteiger partial charge in [-0.1, -0.05) is 41.9 Å². The van der Waals surface area contributed by atoms with Crippen LogP contribution in [0.4, 0.5) is 0 Å². The highest BCUT2D eigenvalue weighted by Crippen LogP contribution is 2.19. The second-order valence-corrected chi connectivity index (χ2v) is 6.91. The Balaban J connectivity index is 1.55. The van der Waals surface area contributed by atoms with Crippen LogP contribution in [0.25, 0.3) is 0 Å². The summed E-state index contributed by atoms with van der Waals surface area (Å²) in [7, 11) is 0. The molecule has 0 unspecified atom stereocenters. The van der Waals surface area contributed by atoms with Crippen molar-refractivity contribution in [1.29, 1.82) is 0 Å². The van der Waals surface area contributed by atoms with Crippen LogP contribution < -0.4 is 10.7 Å². The van der Waals surface area contributed by atoms with Crippen LogP contribution in [0.2, 0.25) is 5.15 Å². The van der Waals surface area contributed by atoms with Crippen molar-refractivity contribution in [3.8, 4) is 0 Å². The van der Waals surface area contributed by atoms with E-state index in [0.717, 1.165) is 36.3 Å². The Morgan fingerprint density at radius 2 is 2.27 bits per heavy atom. The van der Waals surface area contributed by atoms with Crippen LogP contribution in [0.5, 0.6) is 0 Å². The van der Waals surface area contributed by atoms with Gasteiger partial charge in [0.05, 0.1) is 30.1 Å². The largest absolute Gasteiger partial charge is 0.376 e. The highest BCUT2D eigenvalue weighted by Gasteiger charge is 2.15. The number of hydrazone groups is 1. The number of ether oxygens (including phenoxy) is 1. The van der Waals surface area contributed by atoms with Gasteiger partial charge in [0.15, 0.2) is 5.11 Å². The summed E-state index contributed by atoms with van der Waals surface area (Å²) in [4.78, 5) is 0. The fourth-order valence-electron chi connectivity index (χ4n) is 2.78. The third kappa shape index (κ3) is 5.03. The molecule has 0 aliphatic carbocycles. The molecule has 8 heteroatoms. The SMILES string of the molecule is Cc1nn(Cc2ccccc2)c(Cl)c1/C=N\NC(=S)NC[C@@H]1CCCO1. The zero-order valence-electron chi connectivity index (χ0n) is 14.6. The maximum atomic E-state index is 6.46. The first-order valence-corrected chi connectivity index (χ1v) is 9.37. The third-order valence-corrected chi connectivity index (χ3v) is 4.79. The van der Waals surface area contributed by atoms with E-state index in [1.165, 1.54) is 0 Å². The van der Waals surface area contributed by atoms with Crippen molar-refractivity contribution in [2.24, 2.45) is 5.10 Å². The van der Waals surface area contributed by atoms with Crippen LogP contribution in [0.3, 0.4) is 0 Å². The number of nitrogens with zero attached hydrogens (tertiary/aromatic N) is 3. The molecule has 0 bridgehead atoms. The number of aromatic nitrogens is 2. The summed E-state index contributed by atoms with van der Waals surface area (Å²) in [5.74, 6) is 0. The molecule has 2 aromatic rings. The van der Waals surface area contributed by atoms with Gasteiger partial charge in [-0.3, -0.25) is 5.43 Å². The van der Waals surface area contributed by atoms with Gasteiger partial charge in [-0.25, -0.2) is 4.68 Å². The van der Waals surface area contributed by atoms with E-state index in [-0.39, 0.29) is 6.10 Å². The Hall–Kier alpha value is -1.96. The van der Waals surface area contributed by atoms with E-state index in [0.29, 0.717) is 23.4 Å². The van der Waals surface area contributed by atoms with Crippen molar-refractivity contribution in [2.45, 2.75) is 32.4 Å². The Morgan fingerprint density at radius 1 is 1.46 bits per heavy atom. The molecule has 1 aliphatic rings. The van der Waals surface area contributed by atoms with E-state index in [1.807, 2.05) is 37.3 Å². The first kappa shape index (κ1) is 18.8. The summed E-state index contributed by atoms with van der Waals surface area (Å²) in [6, 6.07) is 10.1. The normalized spacial score (nSPS) is 16.9. The van der Waals surface area contributed by atoms with Gasteiger partial charge in [-0.15, -0.1) is 0 Å². The minimum Gasteiger partial charge on any atom is -0.376 e. The van der Waals surface area contributed by atoms with Crippen molar-refractivity contribution < 1.29 is 4.74 Å². The van der Waals surface area contributed by atoms with Gasteiger partial charge >= 0.3 is 0 Å². The van der Waals surface area contributed by atoms with E-state index >= 15 is 0 Å². The van der Waals surface area contributed by atoms with Crippen molar-refractivity contribution >= 4 is 35.1 Å². The third-order valence-electron chi connectivity index (χ3n) is 4.16. The van der Waals surface area contributed by atoms with E-state index in [9.17, 15) is 0 Å². The van der Waals surface area contributed by atoms with Gasteiger partial charge in [0.25, 0.3) is 0 Å². The van der Waals surface area contributed by atoms with Gasteiger partial charge in [0.2, 0.25) is 0 Å². The van der Waals surface area contributed by atoms with Gasteiger partial charge in [0, 0.05) is 13.2 Å². The molecule has 0 radical (unpaired) electrons. The minimum absolute atomic E-state index is 0.228. The monoisotopic (exact) mass is 391 g/mol. The molecule has 2 heterocycles. The van der Waals surface area contributed by atoms with Crippen LogP contribution in [0, 0.1) is 6.92 Å². The Bertz CT molecular complexity index is 771. The molecule has 26 heavy (non-hydrogen) atoms. The summed E-state index contributed by atoms with van der Waals surface area (Å²) in [6.07, 6.45) is 4.04. The van der Waals surface area contributed by atoms with E-state index in [4.69, 9.17) is 28.6 Å². The molecule has 1 aromatic heterocycles. The number of nitrogens with one attached hydrogen (secondary N) is 2. The van der Waals surface area contributed by atoms with Gasteiger partial charge in [-0.2, -0.15) is 10.2 Å². The highest BCUT2D eigenvalue weighted by molar-refractivity contribution is 7.80. The lowest BCUT2D eigenvalue weighted by atomic mass is 10.2. The lowest BCUT2D eigenvalue weighted by Crippen LogP contribution is -2.37. The first-order valence-electron chi connectivity index (χ1n) is 8.59. The molecular weight excluding hydrogens is 370 g/mol. The number of hydrogen-bond donors (Lipinski definition) is 2. The second kappa shape index (κ2) is 9.12. The lowest BCUT2D eigenvalue weighted by molar-refractivity contribution is 0.114. The summed E-state index contributed by atoms with van der Waals surface area (Å²) >= 11 is 11.7. The average Bonchev–Trinajstić information content (AvgIpc) is 3.25. The first-order chi connectivity index (χ1) is 12.6. The number of hydrogen-bond acceptors (Lipinski definition) is 4. The molecule has 1 aliphatic heterocycles. The molecule has 0 spiro atoms. The van der Waals surface area contributed by atoms with Crippen molar-refractivity contribution in [2.75, 3.05) is 13.2 Å². The number of rotatable bonds is 6. The maximum absolute atomic E-state index is 6.46. The fraction of sp³-hybridized carbons (Fsp3) is 0.389. The summed E-state index contributed by atoms with van der Waals surface area (Å²) in [5, 5.41) is 12.8. The number of benzene rings is 1. The van der Waals surface area contributed by atoms with E-state index < -0.39 is 0 Å². The van der Waals surface area contributed by atoms with Crippen LogP contribution in [-0.4, -0.2) is 40.4 Å². The number of thiocarbonyl (C=S) groups is 1. The predicted octanol–water partition coefficient (Wildman–Crippen LogP) is 2.87. The molecule has 2 N–H and O–H groups in total. The molecule has 0 amide bonds. The van der Waals surface area contributed by atoms with Gasteiger partial charge in [-0.05, 0) is 37.5 Å². The summed E-state index contributed by atoms with van der Waals surface area (Å²) < 4.78 is 7.31. The topological polar surface area (TPSA) is 63.5 Å². The number of aryl methyl sites for hydroxylation is 1. The molecule has 1 saturated heterocycles. The molecule has 0 saturated carbocycles. The molecular formula is C18H22ClN5OS. The Kier molecular flexibility index (Phi) is 6.60. The minimum atomic E-state index is 0.228. The van der Waals surface area contributed by atoms with Crippen LogP contribution >= 0.6 is 23.8 Å². The average molecular weight is 392 g/mol. The smallest absolute Gasteiger partial charge is 0.187 e. The second-order valence-electron chi connectivity index (χ2n) is 6.15. The van der Waals surface area contributed by atoms with Crippen LogP contribution in [-0.2, 0) is 11.3 Å². The fourth-order valence-corrected chi connectivity index (χ4v) is 3.20. The van der Waals surface area contributed by atoms with E-state index in [1.54, 1.807) is 10.9 Å². The van der Waals surface area contributed by atoms with Crippen LogP contribution in [0.15, 0.2) is 35.4 Å². The van der Waals surface area contributed by atoms with Crippen molar-refractivity contribution in [3.63, 3.8) is 0 Å². The van der Waals surface area contributed by atoms with Gasteiger partial charge in [0.1, 0.15) is 5.15 Å². The van der Waals surface area contributed by atoms with Gasteiger partial charge < -0.3 is 10.1 Å². The number of halogens is 1.